The van der Waals surface area contributed by atoms with E-state index in [-0.39, 0.29) is 23.4 Å². The van der Waals surface area contributed by atoms with Gasteiger partial charge < -0.3 is 13.9 Å². The van der Waals surface area contributed by atoms with E-state index in [1.54, 1.807) is 13.4 Å². The summed E-state index contributed by atoms with van der Waals surface area (Å²) in [7, 11) is -0.0528. The maximum absolute atomic E-state index is 6.36. The average molecular weight is 258 g/mol. The molecule has 1 aliphatic rings. The first-order valence-electron chi connectivity index (χ1n) is 6.22. The third kappa shape index (κ3) is 3.33. The van der Waals surface area contributed by atoms with Gasteiger partial charge in [-0.05, 0) is 31.1 Å². The highest BCUT2D eigenvalue weighted by Gasteiger charge is 2.42. The minimum atomic E-state index is -1.77. The van der Waals surface area contributed by atoms with Crippen LogP contribution in [0.15, 0.2) is 12.3 Å². The molecule has 0 unspecified atom stereocenters. The Balaban J connectivity index is 2.79. The fourth-order valence-corrected chi connectivity index (χ4v) is 2.90. The monoisotopic (exact) mass is 258 g/mol. The van der Waals surface area contributed by atoms with Gasteiger partial charge in [-0.2, -0.15) is 0 Å². The van der Waals surface area contributed by atoms with Crippen LogP contribution < -0.4 is 0 Å². The van der Waals surface area contributed by atoms with Gasteiger partial charge in [-0.1, -0.05) is 20.8 Å². The lowest BCUT2D eigenvalue weighted by molar-refractivity contribution is -0.0722. The molecule has 0 amide bonds. The van der Waals surface area contributed by atoms with Crippen LogP contribution in [0.2, 0.25) is 18.1 Å². The third-order valence-corrected chi connectivity index (χ3v) is 8.33. The Labute approximate surface area is 106 Å². The van der Waals surface area contributed by atoms with E-state index >= 15 is 0 Å². The van der Waals surface area contributed by atoms with Gasteiger partial charge in [0.2, 0.25) is 0 Å². The number of hydrogen-bond acceptors (Lipinski definition) is 3. The summed E-state index contributed by atoms with van der Waals surface area (Å²) >= 11 is 0. The Morgan fingerprint density at radius 3 is 2.29 bits per heavy atom. The van der Waals surface area contributed by atoms with E-state index in [1.165, 1.54) is 0 Å². The fraction of sp³-hybridized carbons (Fsp3) is 0.846. The lowest BCUT2D eigenvalue weighted by Gasteiger charge is -2.42. The minimum absolute atomic E-state index is 0.00430. The zero-order valence-corrected chi connectivity index (χ0v) is 13.1. The summed E-state index contributed by atoms with van der Waals surface area (Å²) in [5, 5.41) is 0.209. The van der Waals surface area contributed by atoms with E-state index in [0.29, 0.717) is 0 Å². The van der Waals surface area contributed by atoms with E-state index in [9.17, 15) is 0 Å². The van der Waals surface area contributed by atoms with Crippen molar-refractivity contribution in [3.05, 3.63) is 12.3 Å². The van der Waals surface area contributed by atoms with Gasteiger partial charge in [0.05, 0.1) is 12.4 Å². The molecule has 0 aromatic carbocycles. The molecule has 1 aliphatic heterocycles. The van der Waals surface area contributed by atoms with Crippen LogP contribution in [0.4, 0.5) is 0 Å². The van der Waals surface area contributed by atoms with E-state index in [2.05, 4.69) is 33.9 Å². The van der Waals surface area contributed by atoms with Crippen LogP contribution in [-0.2, 0) is 13.9 Å². The molecular weight excluding hydrogens is 232 g/mol. The molecule has 17 heavy (non-hydrogen) atoms. The molecule has 0 aromatic rings. The second kappa shape index (κ2) is 5.12. The van der Waals surface area contributed by atoms with Crippen molar-refractivity contribution >= 4 is 8.32 Å². The second-order valence-corrected chi connectivity index (χ2v) is 11.0. The molecule has 1 rings (SSSR count). The van der Waals surface area contributed by atoms with Gasteiger partial charge in [-0.25, -0.2) is 0 Å². The van der Waals surface area contributed by atoms with E-state index in [1.807, 2.05) is 13.0 Å². The number of rotatable bonds is 3. The highest BCUT2D eigenvalue weighted by atomic mass is 28.4. The standard InChI is InChI=1S/C13H26O3Si/c1-10-12(14-5)11(8-9-15-10)16-17(6,7)13(2,3)4/h8-12H,1-7H3/t10-,11-,12+/m1/s1. The van der Waals surface area contributed by atoms with Gasteiger partial charge in [0.25, 0.3) is 0 Å². The van der Waals surface area contributed by atoms with Crippen LogP contribution in [-0.4, -0.2) is 33.7 Å². The molecule has 0 saturated carbocycles. The van der Waals surface area contributed by atoms with E-state index in [0.717, 1.165) is 0 Å². The molecule has 0 saturated heterocycles. The highest BCUT2D eigenvalue weighted by Crippen LogP contribution is 2.38. The normalized spacial score (nSPS) is 30.2. The lowest BCUT2D eigenvalue weighted by atomic mass is 10.1. The van der Waals surface area contributed by atoms with E-state index < -0.39 is 8.32 Å². The summed E-state index contributed by atoms with van der Waals surface area (Å²) in [5.74, 6) is 0. The summed E-state index contributed by atoms with van der Waals surface area (Å²) in [4.78, 5) is 0. The summed E-state index contributed by atoms with van der Waals surface area (Å²) in [6.45, 7) is 13.3. The smallest absolute Gasteiger partial charge is 0.193 e. The van der Waals surface area contributed by atoms with Crippen LogP contribution in [0, 0.1) is 0 Å². The first-order chi connectivity index (χ1) is 7.69. The zero-order chi connectivity index (χ0) is 13.3. The van der Waals surface area contributed by atoms with Crippen LogP contribution in [0.3, 0.4) is 0 Å². The first-order valence-corrected chi connectivity index (χ1v) is 9.12. The fourth-order valence-electron chi connectivity index (χ4n) is 1.65. The van der Waals surface area contributed by atoms with Crippen molar-refractivity contribution in [3.8, 4) is 0 Å². The molecule has 0 aromatic heterocycles. The minimum Gasteiger partial charge on any atom is -0.496 e. The van der Waals surface area contributed by atoms with E-state index in [4.69, 9.17) is 13.9 Å². The highest BCUT2D eigenvalue weighted by molar-refractivity contribution is 6.74. The SMILES string of the molecule is CO[C@H]1[C@@H](C)OC=C[C@H]1O[Si](C)(C)C(C)(C)C. The molecular formula is C13H26O3Si. The lowest BCUT2D eigenvalue weighted by Crippen LogP contribution is -2.50. The van der Waals surface area contributed by atoms with Crippen LogP contribution in [0.5, 0.6) is 0 Å². The van der Waals surface area contributed by atoms with Crippen molar-refractivity contribution in [1.82, 2.24) is 0 Å². The molecule has 100 valence electrons. The molecule has 3 nitrogen and oxygen atoms in total. The van der Waals surface area contributed by atoms with Crippen molar-refractivity contribution < 1.29 is 13.9 Å². The van der Waals surface area contributed by atoms with Crippen molar-refractivity contribution in [1.29, 1.82) is 0 Å². The predicted molar refractivity (Wildman–Crippen MR) is 72.6 cm³/mol. The van der Waals surface area contributed by atoms with Gasteiger partial charge in [0.15, 0.2) is 8.32 Å². The first kappa shape index (κ1) is 14.7. The Morgan fingerprint density at radius 1 is 1.24 bits per heavy atom. The number of methoxy groups -OCH3 is 1. The largest absolute Gasteiger partial charge is 0.496 e. The summed E-state index contributed by atoms with van der Waals surface area (Å²) in [6, 6.07) is 0. The van der Waals surface area contributed by atoms with Crippen LogP contribution in [0.25, 0.3) is 0 Å². The predicted octanol–water partition coefficient (Wildman–Crippen LogP) is 3.32. The van der Waals surface area contributed by atoms with Crippen LogP contribution >= 0.6 is 0 Å². The molecule has 0 aliphatic carbocycles. The molecule has 3 atom stereocenters. The van der Waals surface area contributed by atoms with Crippen molar-refractivity contribution in [3.63, 3.8) is 0 Å². The van der Waals surface area contributed by atoms with Gasteiger partial charge in [-0.15, -0.1) is 0 Å². The summed E-state index contributed by atoms with van der Waals surface area (Å²) in [6.07, 6.45) is 3.73. The van der Waals surface area contributed by atoms with Gasteiger partial charge in [-0.3, -0.25) is 0 Å². The topological polar surface area (TPSA) is 27.7 Å². The second-order valence-electron chi connectivity index (χ2n) is 6.21. The maximum atomic E-state index is 6.36. The molecule has 4 heteroatoms. The summed E-state index contributed by atoms with van der Waals surface area (Å²) < 4.78 is 17.3. The van der Waals surface area contributed by atoms with Crippen LogP contribution in [0.1, 0.15) is 27.7 Å². The third-order valence-electron chi connectivity index (χ3n) is 3.86. The number of ether oxygens (including phenoxy) is 2. The summed E-state index contributed by atoms with van der Waals surface area (Å²) in [5.41, 5.74) is 0. The maximum Gasteiger partial charge on any atom is 0.193 e. The molecule has 0 N–H and O–H groups in total. The van der Waals surface area contributed by atoms with Gasteiger partial charge in [0, 0.05) is 7.11 Å². The molecule has 0 spiro atoms. The number of hydrogen-bond donors (Lipinski definition) is 0. The van der Waals surface area contributed by atoms with Gasteiger partial charge in [0.1, 0.15) is 12.2 Å². The van der Waals surface area contributed by atoms with Crippen molar-refractivity contribution in [2.45, 2.75) is 64.1 Å². The van der Waals surface area contributed by atoms with Crippen molar-refractivity contribution in [2.24, 2.45) is 0 Å². The van der Waals surface area contributed by atoms with Gasteiger partial charge >= 0.3 is 0 Å². The average Bonchev–Trinajstić information content (AvgIpc) is 2.15. The Kier molecular flexibility index (Phi) is 4.44. The zero-order valence-electron chi connectivity index (χ0n) is 12.1. The molecule has 0 radical (unpaired) electrons. The molecule has 1 heterocycles. The quantitative estimate of drug-likeness (QED) is 0.727. The Bertz CT molecular complexity index is 281. The Hall–Kier alpha value is -0.323. The molecule has 0 fully saturated rings. The molecule has 0 bridgehead atoms. The van der Waals surface area contributed by atoms with Crippen molar-refractivity contribution in [2.75, 3.05) is 7.11 Å². The Morgan fingerprint density at radius 2 is 1.82 bits per heavy atom.